The molecule has 1 unspecified atom stereocenters. The van der Waals surface area contributed by atoms with E-state index in [4.69, 9.17) is 10.8 Å². The van der Waals surface area contributed by atoms with Gasteiger partial charge < -0.3 is 15.7 Å². The Morgan fingerprint density at radius 1 is 1.83 bits per heavy atom. The molecule has 12 heavy (non-hydrogen) atoms. The molecule has 1 fully saturated rings. The maximum Gasteiger partial charge on any atom is 0.320 e. The highest BCUT2D eigenvalue weighted by Crippen LogP contribution is 2.18. The van der Waals surface area contributed by atoms with Crippen molar-refractivity contribution in [2.45, 2.75) is 18.9 Å². The molecule has 1 rings (SSSR count). The lowest BCUT2D eigenvalue weighted by Gasteiger charge is -2.12. The monoisotopic (exact) mass is 172 g/mol. The summed E-state index contributed by atoms with van der Waals surface area (Å²) in [7, 11) is 2.05. The highest BCUT2D eigenvalue weighted by Gasteiger charge is 2.24. The van der Waals surface area contributed by atoms with Gasteiger partial charge in [0.1, 0.15) is 6.04 Å². The van der Waals surface area contributed by atoms with Crippen LogP contribution >= 0.6 is 0 Å². The maximum atomic E-state index is 10.4. The van der Waals surface area contributed by atoms with Crippen LogP contribution in [0, 0.1) is 5.92 Å². The number of nitrogens with zero attached hydrogens (tertiary/aromatic N) is 1. The van der Waals surface area contributed by atoms with Crippen LogP contribution in [0.4, 0.5) is 0 Å². The second-order valence-electron chi connectivity index (χ2n) is 3.60. The number of carbonyl (C=O) groups is 1. The number of aliphatic carboxylic acids is 1. The molecule has 0 aromatic carbocycles. The SMILES string of the molecule is CN1CCC(C[C@@H](N)C(=O)O)C1. The molecule has 4 nitrogen and oxygen atoms in total. The van der Waals surface area contributed by atoms with Crippen molar-refractivity contribution in [2.24, 2.45) is 11.7 Å². The molecule has 1 heterocycles. The largest absolute Gasteiger partial charge is 0.480 e. The van der Waals surface area contributed by atoms with Gasteiger partial charge in [0.15, 0.2) is 0 Å². The summed E-state index contributed by atoms with van der Waals surface area (Å²) in [6.45, 7) is 2.05. The first-order valence-electron chi connectivity index (χ1n) is 4.26. The standard InChI is InChI=1S/C8H16N2O2/c1-10-3-2-6(5-10)4-7(9)8(11)12/h6-7H,2-5,9H2,1H3,(H,11,12)/t6?,7-/m1/s1. The lowest BCUT2D eigenvalue weighted by atomic mass is 10.00. The zero-order valence-electron chi connectivity index (χ0n) is 7.36. The van der Waals surface area contributed by atoms with Crippen LogP contribution in [0.5, 0.6) is 0 Å². The van der Waals surface area contributed by atoms with E-state index in [9.17, 15) is 4.79 Å². The van der Waals surface area contributed by atoms with Gasteiger partial charge in [0.2, 0.25) is 0 Å². The zero-order chi connectivity index (χ0) is 9.14. The number of hydrogen-bond acceptors (Lipinski definition) is 3. The summed E-state index contributed by atoms with van der Waals surface area (Å²) in [5, 5.41) is 8.57. The van der Waals surface area contributed by atoms with E-state index in [1.165, 1.54) is 0 Å². The fourth-order valence-electron chi connectivity index (χ4n) is 1.68. The Hall–Kier alpha value is -0.610. The first kappa shape index (κ1) is 9.48. The Morgan fingerprint density at radius 2 is 2.50 bits per heavy atom. The lowest BCUT2D eigenvalue weighted by molar-refractivity contribution is -0.138. The number of carboxylic acids is 1. The van der Waals surface area contributed by atoms with Gasteiger partial charge in [-0.1, -0.05) is 0 Å². The van der Waals surface area contributed by atoms with Crippen molar-refractivity contribution in [1.29, 1.82) is 0 Å². The smallest absolute Gasteiger partial charge is 0.320 e. The van der Waals surface area contributed by atoms with Crippen LogP contribution in [0.2, 0.25) is 0 Å². The van der Waals surface area contributed by atoms with Crippen molar-refractivity contribution >= 4 is 5.97 Å². The summed E-state index contributed by atoms with van der Waals surface area (Å²) in [6, 6.07) is -0.679. The van der Waals surface area contributed by atoms with Crippen molar-refractivity contribution < 1.29 is 9.90 Å². The van der Waals surface area contributed by atoms with E-state index in [-0.39, 0.29) is 0 Å². The average molecular weight is 172 g/mol. The molecular weight excluding hydrogens is 156 g/mol. The van der Waals surface area contributed by atoms with Gasteiger partial charge in [0.25, 0.3) is 0 Å². The number of nitrogens with two attached hydrogens (primary N) is 1. The molecule has 0 saturated carbocycles. The van der Waals surface area contributed by atoms with Crippen LogP contribution in [0.1, 0.15) is 12.8 Å². The highest BCUT2D eigenvalue weighted by molar-refractivity contribution is 5.73. The lowest BCUT2D eigenvalue weighted by Crippen LogP contribution is -2.32. The first-order chi connectivity index (χ1) is 5.59. The topological polar surface area (TPSA) is 66.6 Å². The van der Waals surface area contributed by atoms with Crippen LogP contribution in [-0.2, 0) is 4.79 Å². The second-order valence-corrected chi connectivity index (χ2v) is 3.60. The van der Waals surface area contributed by atoms with E-state index in [0.717, 1.165) is 19.5 Å². The highest BCUT2D eigenvalue weighted by atomic mass is 16.4. The Morgan fingerprint density at radius 3 is 2.92 bits per heavy atom. The van der Waals surface area contributed by atoms with Gasteiger partial charge in [-0.05, 0) is 32.4 Å². The van der Waals surface area contributed by atoms with Gasteiger partial charge in [-0.15, -0.1) is 0 Å². The summed E-state index contributed by atoms with van der Waals surface area (Å²) in [6.07, 6.45) is 1.69. The Balaban J connectivity index is 2.27. The molecule has 0 spiro atoms. The summed E-state index contributed by atoms with van der Waals surface area (Å²) in [4.78, 5) is 12.6. The van der Waals surface area contributed by atoms with Gasteiger partial charge in [-0.25, -0.2) is 0 Å². The van der Waals surface area contributed by atoms with Gasteiger partial charge in [-0.3, -0.25) is 4.79 Å². The van der Waals surface area contributed by atoms with Crippen molar-refractivity contribution in [3.8, 4) is 0 Å². The number of rotatable bonds is 3. The van der Waals surface area contributed by atoms with Crippen molar-refractivity contribution in [1.82, 2.24) is 4.90 Å². The number of likely N-dealkylation sites (tertiary alicyclic amines) is 1. The Bertz CT molecular complexity index is 172. The molecule has 0 aliphatic carbocycles. The molecule has 1 aliphatic rings. The third-order valence-corrected chi connectivity index (χ3v) is 2.39. The van der Waals surface area contributed by atoms with E-state index in [1.54, 1.807) is 0 Å². The molecule has 70 valence electrons. The Labute approximate surface area is 72.3 Å². The van der Waals surface area contributed by atoms with Crippen molar-refractivity contribution in [3.63, 3.8) is 0 Å². The number of hydrogen-bond donors (Lipinski definition) is 2. The van der Waals surface area contributed by atoms with E-state index in [1.807, 2.05) is 7.05 Å². The predicted octanol–water partition coefficient (Wildman–Crippen LogP) is -0.260. The van der Waals surface area contributed by atoms with Crippen LogP contribution < -0.4 is 5.73 Å². The molecule has 3 N–H and O–H groups in total. The van der Waals surface area contributed by atoms with Crippen LogP contribution in [0.3, 0.4) is 0 Å². The molecule has 0 aromatic rings. The maximum absolute atomic E-state index is 10.4. The average Bonchev–Trinajstić information content (AvgIpc) is 2.35. The minimum atomic E-state index is -0.885. The third-order valence-electron chi connectivity index (χ3n) is 2.39. The quantitative estimate of drug-likeness (QED) is 0.615. The van der Waals surface area contributed by atoms with E-state index < -0.39 is 12.0 Å². The molecule has 0 aromatic heterocycles. The fraction of sp³-hybridized carbons (Fsp3) is 0.875. The molecule has 2 atom stereocenters. The van der Waals surface area contributed by atoms with Crippen LogP contribution in [0.25, 0.3) is 0 Å². The van der Waals surface area contributed by atoms with Crippen molar-refractivity contribution in [3.05, 3.63) is 0 Å². The van der Waals surface area contributed by atoms with E-state index in [2.05, 4.69) is 4.90 Å². The van der Waals surface area contributed by atoms with Gasteiger partial charge in [-0.2, -0.15) is 0 Å². The van der Waals surface area contributed by atoms with Gasteiger partial charge in [0, 0.05) is 6.54 Å². The molecular formula is C8H16N2O2. The number of carboxylic acid groups (broad SMARTS) is 1. The molecule has 0 amide bonds. The second kappa shape index (κ2) is 3.87. The van der Waals surface area contributed by atoms with E-state index in [0.29, 0.717) is 12.3 Å². The summed E-state index contributed by atoms with van der Waals surface area (Å²) in [5.74, 6) is -0.411. The normalized spacial score (nSPS) is 27.3. The summed E-state index contributed by atoms with van der Waals surface area (Å²) < 4.78 is 0. The molecule has 0 bridgehead atoms. The van der Waals surface area contributed by atoms with E-state index >= 15 is 0 Å². The Kier molecular flexibility index (Phi) is 3.05. The van der Waals surface area contributed by atoms with Crippen LogP contribution in [0.15, 0.2) is 0 Å². The summed E-state index contributed by atoms with van der Waals surface area (Å²) in [5.41, 5.74) is 5.42. The minimum Gasteiger partial charge on any atom is -0.480 e. The molecule has 1 aliphatic heterocycles. The fourth-order valence-corrected chi connectivity index (χ4v) is 1.68. The molecule has 0 radical (unpaired) electrons. The van der Waals surface area contributed by atoms with Crippen LogP contribution in [-0.4, -0.2) is 42.2 Å². The molecule has 1 saturated heterocycles. The van der Waals surface area contributed by atoms with Gasteiger partial charge >= 0.3 is 5.97 Å². The van der Waals surface area contributed by atoms with Gasteiger partial charge in [0.05, 0.1) is 0 Å². The predicted molar refractivity (Wildman–Crippen MR) is 45.8 cm³/mol. The molecule has 4 heteroatoms. The zero-order valence-corrected chi connectivity index (χ0v) is 7.36. The van der Waals surface area contributed by atoms with Crippen molar-refractivity contribution in [2.75, 3.05) is 20.1 Å². The minimum absolute atomic E-state index is 0.473. The third kappa shape index (κ3) is 2.46. The summed E-state index contributed by atoms with van der Waals surface area (Å²) >= 11 is 0. The first-order valence-corrected chi connectivity index (χ1v) is 4.26.